The zero-order chi connectivity index (χ0) is 24.9. The van der Waals surface area contributed by atoms with Crippen LogP contribution in [0.4, 0.5) is 13.2 Å². The van der Waals surface area contributed by atoms with Crippen molar-refractivity contribution < 1.29 is 27.2 Å². The summed E-state index contributed by atoms with van der Waals surface area (Å²) in [6.07, 6.45) is -3.16. The second-order valence-corrected chi connectivity index (χ2v) is 9.02. The van der Waals surface area contributed by atoms with Gasteiger partial charge >= 0.3 is 6.18 Å². The van der Waals surface area contributed by atoms with Crippen molar-refractivity contribution in [1.82, 2.24) is 30.8 Å². The van der Waals surface area contributed by atoms with Crippen LogP contribution in [0.2, 0.25) is 0 Å². The molecule has 1 aromatic heterocycles. The van der Waals surface area contributed by atoms with Gasteiger partial charge in [-0.15, -0.1) is 10.2 Å². The summed E-state index contributed by atoms with van der Waals surface area (Å²) in [6, 6.07) is 5.92. The lowest BCUT2D eigenvalue weighted by Gasteiger charge is -2.34. The number of alkyl halides is 3. The Labute approximate surface area is 199 Å². The number of nitrogens with one attached hydrogen (secondary N) is 2. The Kier molecular flexibility index (Phi) is 5.78. The van der Waals surface area contributed by atoms with Gasteiger partial charge in [-0.1, -0.05) is 30.3 Å². The molecule has 4 atom stereocenters. The number of piperidine rings is 1. The normalized spacial score (nSPS) is 27.2. The Morgan fingerprint density at radius 2 is 1.91 bits per heavy atom. The van der Waals surface area contributed by atoms with Gasteiger partial charge < -0.3 is 14.6 Å². The molecular formula is C23H25F3N6O3. The van der Waals surface area contributed by atoms with E-state index in [9.17, 15) is 22.8 Å². The molecule has 4 unspecified atom stereocenters. The zero-order valence-electron chi connectivity index (χ0n) is 19.2. The number of fused-ring (bicyclic) bond motifs is 1. The van der Waals surface area contributed by atoms with Crippen molar-refractivity contribution in [3.05, 3.63) is 53.4 Å². The topological polar surface area (TPSA) is 104 Å². The first-order valence-corrected chi connectivity index (χ1v) is 11.5. The fourth-order valence-electron chi connectivity index (χ4n) is 5.18. The molecule has 2 amide bonds. The lowest BCUT2D eigenvalue weighted by Crippen LogP contribution is -2.54. The van der Waals surface area contributed by atoms with Crippen LogP contribution in [0.25, 0.3) is 5.57 Å². The first-order valence-electron chi connectivity index (χ1n) is 11.5. The molecule has 5 rings (SSSR count). The highest BCUT2D eigenvalue weighted by Gasteiger charge is 2.58. The lowest BCUT2D eigenvalue weighted by molar-refractivity contribution is -0.161. The maximum absolute atomic E-state index is 14.0. The van der Waals surface area contributed by atoms with Gasteiger partial charge in [0.15, 0.2) is 0 Å². The average molecular weight is 490 g/mol. The Hall–Kier alpha value is -3.41. The molecule has 2 fully saturated rings. The number of hydrogen-bond donors (Lipinski definition) is 2. The van der Waals surface area contributed by atoms with E-state index >= 15 is 0 Å². The van der Waals surface area contributed by atoms with Crippen LogP contribution in [0.1, 0.15) is 62.4 Å². The number of hydrazine groups is 1. The van der Waals surface area contributed by atoms with Crippen molar-refractivity contribution in [2.24, 2.45) is 0 Å². The minimum Gasteiger partial charge on any atom is -0.418 e. The van der Waals surface area contributed by atoms with Gasteiger partial charge in [-0.25, -0.2) is 10.4 Å². The predicted octanol–water partition coefficient (Wildman–Crippen LogP) is 2.86. The molecule has 0 saturated carbocycles. The van der Waals surface area contributed by atoms with Gasteiger partial charge in [0.25, 0.3) is 11.8 Å². The molecule has 0 spiro atoms. The summed E-state index contributed by atoms with van der Waals surface area (Å²) in [5.41, 5.74) is 3.14. The molecule has 0 bridgehead atoms. The minimum absolute atomic E-state index is 0.00711. The molecule has 3 aliphatic heterocycles. The fourth-order valence-corrected chi connectivity index (χ4v) is 5.18. The molecule has 2 saturated heterocycles. The molecule has 0 aliphatic carbocycles. The zero-order valence-corrected chi connectivity index (χ0v) is 19.2. The SMILES string of the molecule is CC(=O)N1CCCCC1c1nnc(C2=C(C)NC3C(c4ccccc4)C(C(F)(F)F)NN3C2=O)o1. The van der Waals surface area contributed by atoms with Crippen LogP contribution in [0.5, 0.6) is 0 Å². The number of likely N-dealkylation sites (tertiary alicyclic amines) is 1. The van der Waals surface area contributed by atoms with E-state index in [4.69, 9.17) is 4.42 Å². The Balaban J connectivity index is 1.47. The van der Waals surface area contributed by atoms with Crippen LogP contribution in [-0.4, -0.2) is 56.8 Å². The van der Waals surface area contributed by atoms with E-state index in [1.165, 1.54) is 6.92 Å². The highest BCUT2D eigenvalue weighted by atomic mass is 19.4. The molecule has 186 valence electrons. The number of allylic oxidation sites excluding steroid dienone is 1. The third kappa shape index (κ3) is 4.05. The molecule has 2 aromatic rings. The summed E-state index contributed by atoms with van der Waals surface area (Å²) in [5.74, 6) is -1.78. The summed E-state index contributed by atoms with van der Waals surface area (Å²) in [5, 5.41) is 12.1. The maximum atomic E-state index is 14.0. The number of nitrogens with zero attached hydrogens (tertiary/aromatic N) is 4. The van der Waals surface area contributed by atoms with Crippen molar-refractivity contribution in [2.45, 2.75) is 63.5 Å². The average Bonchev–Trinajstić information content (AvgIpc) is 3.45. The maximum Gasteiger partial charge on any atom is 0.406 e. The second-order valence-electron chi connectivity index (χ2n) is 9.02. The Morgan fingerprint density at radius 3 is 2.60 bits per heavy atom. The number of amides is 2. The number of benzene rings is 1. The number of carbonyl (C=O) groups excluding carboxylic acids is 2. The number of aromatic nitrogens is 2. The molecule has 9 nitrogen and oxygen atoms in total. The van der Waals surface area contributed by atoms with Gasteiger partial charge in [0, 0.05) is 19.2 Å². The first kappa shape index (κ1) is 23.3. The van der Waals surface area contributed by atoms with Crippen LogP contribution >= 0.6 is 0 Å². The molecule has 0 radical (unpaired) electrons. The second kappa shape index (κ2) is 8.67. The molecule has 12 heteroatoms. The third-order valence-corrected chi connectivity index (χ3v) is 6.81. The summed E-state index contributed by atoms with van der Waals surface area (Å²) >= 11 is 0. The summed E-state index contributed by atoms with van der Waals surface area (Å²) < 4.78 is 47.8. The van der Waals surface area contributed by atoms with E-state index in [1.807, 2.05) is 0 Å². The summed E-state index contributed by atoms with van der Waals surface area (Å²) in [4.78, 5) is 27.1. The van der Waals surface area contributed by atoms with Crippen LogP contribution < -0.4 is 10.7 Å². The first-order chi connectivity index (χ1) is 16.7. The van der Waals surface area contributed by atoms with E-state index in [0.29, 0.717) is 24.2 Å². The van der Waals surface area contributed by atoms with Gasteiger partial charge in [-0.05, 0) is 31.7 Å². The smallest absolute Gasteiger partial charge is 0.406 e. The highest BCUT2D eigenvalue weighted by molar-refractivity contribution is 6.19. The third-order valence-electron chi connectivity index (χ3n) is 6.81. The van der Waals surface area contributed by atoms with Gasteiger partial charge in [0.05, 0.1) is 5.92 Å². The standard InChI is InChI=1S/C23H25F3N6O3/c1-12-16(21-29-28-20(35-21)15-10-6-7-11-31(15)13(2)33)22(34)32-19(27-12)17(14-8-4-3-5-9-14)18(30-32)23(24,25)26/h3-5,8-9,15,17-19,27,30H,6-7,10-11H2,1-2H3. The van der Waals surface area contributed by atoms with Crippen molar-refractivity contribution in [3.63, 3.8) is 0 Å². The van der Waals surface area contributed by atoms with Gasteiger partial charge in [-0.3, -0.25) is 9.59 Å². The predicted molar refractivity (Wildman–Crippen MR) is 117 cm³/mol. The highest BCUT2D eigenvalue weighted by Crippen LogP contribution is 2.42. The number of hydrogen-bond acceptors (Lipinski definition) is 7. The van der Waals surface area contributed by atoms with E-state index in [2.05, 4.69) is 20.9 Å². The van der Waals surface area contributed by atoms with Crippen molar-refractivity contribution in [1.29, 1.82) is 0 Å². The van der Waals surface area contributed by atoms with E-state index in [-0.39, 0.29) is 23.3 Å². The fraction of sp³-hybridized carbons (Fsp3) is 0.478. The van der Waals surface area contributed by atoms with Crippen molar-refractivity contribution >= 4 is 17.4 Å². The monoisotopic (exact) mass is 490 g/mol. The summed E-state index contributed by atoms with van der Waals surface area (Å²) in [6.45, 7) is 3.63. The lowest BCUT2D eigenvalue weighted by atomic mass is 9.89. The van der Waals surface area contributed by atoms with Gasteiger partial charge in [-0.2, -0.15) is 13.2 Å². The van der Waals surface area contributed by atoms with E-state index < -0.39 is 36.3 Å². The van der Waals surface area contributed by atoms with Gasteiger partial charge in [0.1, 0.15) is 23.8 Å². The largest absolute Gasteiger partial charge is 0.418 e. The van der Waals surface area contributed by atoms with Crippen LogP contribution in [0.15, 0.2) is 40.4 Å². The molecule has 35 heavy (non-hydrogen) atoms. The van der Waals surface area contributed by atoms with Gasteiger partial charge in [0.2, 0.25) is 11.8 Å². The molecular weight excluding hydrogens is 465 g/mol. The molecule has 3 aliphatic rings. The Bertz CT molecular complexity index is 1160. The van der Waals surface area contributed by atoms with E-state index in [0.717, 1.165) is 17.9 Å². The number of halogens is 3. The molecule has 4 heterocycles. The minimum atomic E-state index is -4.59. The van der Waals surface area contributed by atoms with E-state index in [1.54, 1.807) is 42.2 Å². The summed E-state index contributed by atoms with van der Waals surface area (Å²) in [7, 11) is 0. The Morgan fingerprint density at radius 1 is 1.17 bits per heavy atom. The van der Waals surface area contributed by atoms with Crippen LogP contribution in [-0.2, 0) is 9.59 Å². The van der Waals surface area contributed by atoms with Crippen molar-refractivity contribution in [2.75, 3.05) is 6.54 Å². The number of rotatable bonds is 3. The quantitative estimate of drug-likeness (QED) is 0.682. The molecule has 2 N–H and O–H groups in total. The van der Waals surface area contributed by atoms with Crippen molar-refractivity contribution in [3.8, 4) is 0 Å². The molecule has 1 aromatic carbocycles. The van der Waals surface area contributed by atoms with Crippen LogP contribution in [0, 0.1) is 0 Å². The van der Waals surface area contributed by atoms with Crippen LogP contribution in [0.3, 0.4) is 0 Å². The number of carbonyl (C=O) groups is 2.